The second-order valence-electron chi connectivity index (χ2n) is 7.63. The zero-order valence-corrected chi connectivity index (χ0v) is 16.7. The van der Waals surface area contributed by atoms with E-state index in [1.54, 1.807) is 0 Å². The molecule has 0 spiro atoms. The molecule has 0 amide bonds. The highest BCUT2D eigenvalue weighted by Crippen LogP contribution is 2.34. The molecule has 28 heavy (non-hydrogen) atoms. The van der Waals surface area contributed by atoms with Crippen LogP contribution in [0.2, 0.25) is 5.02 Å². The summed E-state index contributed by atoms with van der Waals surface area (Å²) < 4.78 is 10.1. The van der Waals surface area contributed by atoms with Gasteiger partial charge in [-0.25, -0.2) is 4.98 Å². The molecular weight excluding hydrogens is 374 g/mol. The highest BCUT2D eigenvalue weighted by atomic mass is 35.5. The van der Waals surface area contributed by atoms with Crippen molar-refractivity contribution in [2.45, 2.75) is 45.4 Å². The third-order valence-electron chi connectivity index (χ3n) is 5.44. The van der Waals surface area contributed by atoms with Gasteiger partial charge in [-0.1, -0.05) is 11.6 Å². The number of pyridine rings is 1. The van der Waals surface area contributed by atoms with Gasteiger partial charge in [-0.15, -0.1) is 0 Å². The molecule has 1 saturated heterocycles. The Kier molecular flexibility index (Phi) is 4.33. The van der Waals surface area contributed by atoms with Gasteiger partial charge in [0.05, 0.1) is 36.1 Å². The number of benzene rings is 1. The first-order valence-corrected chi connectivity index (χ1v) is 10.0. The number of ether oxygens (including phenoxy) is 1. The molecule has 0 bridgehead atoms. The third-order valence-corrected chi connectivity index (χ3v) is 5.67. The summed E-state index contributed by atoms with van der Waals surface area (Å²) >= 11 is 6.33. The number of halogens is 1. The molecule has 1 aliphatic rings. The average molecular weight is 396 g/mol. The zero-order chi connectivity index (χ0) is 19.3. The third kappa shape index (κ3) is 3.06. The Balaban J connectivity index is 1.74. The number of hydrogen-bond acceptors (Lipinski definition) is 4. The predicted molar refractivity (Wildman–Crippen MR) is 110 cm³/mol. The van der Waals surface area contributed by atoms with Crippen LogP contribution in [0.1, 0.15) is 37.2 Å². The van der Waals surface area contributed by atoms with Crippen molar-refractivity contribution in [2.75, 3.05) is 6.61 Å². The number of fused-ring (bicyclic) bond motifs is 3. The van der Waals surface area contributed by atoms with E-state index in [1.807, 2.05) is 48.4 Å². The Morgan fingerprint density at radius 1 is 1.25 bits per heavy atom. The van der Waals surface area contributed by atoms with Crippen LogP contribution in [0.4, 0.5) is 0 Å². The summed E-state index contributed by atoms with van der Waals surface area (Å²) in [6, 6.07) is 6.17. The molecule has 1 aliphatic heterocycles. The molecule has 7 heteroatoms. The highest BCUT2D eigenvalue weighted by molar-refractivity contribution is 6.31. The molecule has 4 heterocycles. The Bertz CT molecular complexity index is 1160. The Morgan fingerprint density at radius 3 is 2.93 bits per heavy atom. The van der Waals surface area contributed by atoms with E-state index in [4.69, 9.17) is 21.3 Å². The van der Waals surface area contributed by atoms with Gasteiger partial charge in [0.15, 0.2) is 0 Å². The van der Waals surface area contributed by atoms with Crippen molar-refractivity contribution in [3.05, 3.63) is 53.2 Å². The number of rotatable bonds is 3. The van der Waals surface area contributed by atoms with Crippen molar-refractivity contribution >= 4 is 33.5 Å². The minimum atomic E-state index is 0.229. The number of aromatic nitrogens is 5. The monoisotopic (exact) mass is 395 g/mol. The fraction of sp³-hybridized carbons (Fsp3) is 0.381. The van der Waals surface area contributed by atoms with Crippen molar-refractivity contribution in [3.63, 3.8) is 0 Å². The highest BCUT2D eigenvalue weighted by Gasteiger charge is 2.26. The first-order chi connectivity index (χ1) is 13.6. The van der Waals surface area contributed by atoms with E-state index in [0.717, 1.165) is 52.8 Å². The van der Waals surface area contributed by atoms with Crippen molar-refractivity contribution in [2.24, 2.45) is 0 Å². The molecule has 0 saturated carbocycles. The lowest BCUT2D eigenvalue weighted by Crippen LogP contribution is -2.27. The van der Waals surface area contributed by atoms with Crippen molar-refractivity contribution in [3.8, 4) is 0 Å². The van der Waals surface area contributed by atoms with Crippen LogP contribution in [0.25, 0.3) is 21.9 Å². The Labute approximate surface area is 168 Å². The molecule has 1 fully saturated rings. The summed E-state index contributed by atoms with van der Waals surface area (Å²) in [6.07, 6.45) is 7.94. The van der Waals surface area contributed by atoms with Crippen LogP contribution >= 0.6 is 11.6 Å². The van der Waals surface area contributed by atoms with E-state index in [9.17, 15) is 0 Å². The summed E-state index contributed by atoms with van der Waals surface area (Å²) in [4.78, 5) is 9.55. The number of hydrogen-bond donors (Lipinski definition) is 0. The number of nitrogens with zero attached hydrogens (tertiary/aromatic N) is 5. The van der Waals surface area contributed by atoms with Gasteiger partial charge in [0.2, 0.25) is 0 Å². The van der Waals surface area contributed by atoms with Gasteiger partial charge < -0.3 is 9.30 Å². The van der Waals surface area contributed by atoms with E-state index in [1.165, 1.54) is 0 Å². The van der Waals surface area contributed by atoms with Crippen LogP contribution in [-0.4, -0.2) is 37.0 Å². The lowest BCUT2D eigenvalue weighted by molar-refractivity contribution is 0.00619. The predicted octanol–water partition coefficient (Wildman–Crippen LogP) is 4.53. The summed E-state index contributed by atoms with van der Waals surface area (Å²) in [5.41, 5.74) is 4.07. The normalized spacial score (nSPS) is 20.2. The largest absolute Gasteiger partial charge is 0.378 e. The molecule has 0 radical (unpaired) electrons. The molecule has 0 N–H and O–H groups in total. The second kappa shape index (κ2) is 6.87. The fourth-order valence-corrected chi connectivity index (χ4v) is 4.38. The quantitative estimate of drug-likeness (QED) is 0.511. The Morgan fingerprint density at radius 2 is 2.14 bits per heavy atom. The molecule has 144 valence electrons. The maximum absolute atomic E-state index is 6.33. The first kappa shape index (κ1) is 17.6. The molecule has 0 aliphatic carbocycles. The van der Waals surface area contributed by atoms with E-state index in [-0.39, 0.29) is 6.10 Å². The molecule has 3 aromatic heterocycles. The molecule has 1 aromatic carbocycles. The summed E-state index contributed by atoms with van der Waals surface area (Å²) in [5.74, 6) is 0.992. The van der Waals surface area contributed by atoms with Gasteiger partial charge in [-0.3, -0.25) is 9.67 Å². The van der Waals surface area contributed by atoms with Crippen LogP contribution in [0.5, 0.6) is 0 Å². The van der Waals surface area contributed by atoms with E-state index >= 15 is 0 Å². The zero-order valence-electron chi connectivity index (χ0n) is 16.0. The number of aryl methyl sites for hydroxylation is 1. The van der Waals surface area contributed by atoms with E-state index in [2.05, 4.69) is 21.6 Å². The van der Waals surface area contributed by atoms with Crippen LogP contribution in [0, 0.1) is 6.92 Å². The molecule has 5 rings (SSSR count). The van der Waals surface area contributed by atoms with Crippen LogP contribution < -0.4 is 0 Å². The molecule has 2 atom stereocenters. The minimum absolute atomic E-state index is 0.229. The molecular formula is C21H22ClN5O. The maximum Gasteiger partial charge on any atom is 0.132 e. The SMILES string of the molecule is Cc1cnn(Cc2nc3cnc4ccc(Cl)cc4c3n2[C@@H]2CCO[C@H](C)C2)c1. The summed E-state index contributed by atoms with van der Waals surface area (Å²) in [6.45, 7) is 5.57. The van der Waals surface area contributed by atoms with Crippen LogP contribution in [0.3, 0.4) is 0 Å². The van der Waals surface area contributed by atoms with Crippen LogP contribution in [0.15, 0.2) is 36.8 Å². The first-order valence-electron chi connectivity index (χ1n) is 9.64. The van der Waals surface area contributed by atoms with Gasteiger partial charge in [0.25, 0.3) is 0 Å². The van der Waals surface area contributed by atoms with Crippen LogP contribution in [-0.2, 0) is 11.3 Å². The molecule has 4 aromatic rings. The lowest BCUT2D eigenvalue weighted by atomic mass is 10.0. The van der Waals surface area contributed by atoms with Crippen molar-refractivity contribution < 1.29 is 4.74 Å². The van der Waals surface area contributed by atoms with E-state index in [0.29, 0.717) is 17.6 Å². The maximum atomic E-state index is 6.33. The van der Waals surface area contributed by atoms with Gasteiger partial charge in [-0.05, 0) is 50.5 Å². The topological polar surface area (TPSA) is 57.8 Å². The van der Waals surface area contributed by atoms with Gasteiger partial charge in [-0.2, -0.15) is 5.10 Å². The number of imidazole rings is 1. The standard InChI is InChI=1S/C21H22ClN5O/c1-13-9-24-26(11-13)12-20-25-19-10-23-18-4-3-15(22)8-17(18)21(19)27(20)16-5-6-28-14(2)7-16/h3-4,8-11,14,16H,5-7,12H2,1-2H3/t14-,16-/m1/s1. The molecule has 0 unspecified atom stereocenters. The van der Waals surface area contributed by atoms with Gasteiger partial charge in [0.1, 0.15) is 11.3 Å². The summed E-state index contributed by atoms with van der Waals surface area (Å²) in [5, 5.41) is 6.21. The molecule has 6 nitrogen and oxygen atoms in total. The van der Waals surface area contributed by atoms with Gasteiger partial charge in [0, 0.05) is 29.3 Å². The fourth-order valence-electron chi connectivity index (χ4n) is 4.21. The lowest BCUT2D eigenvalue weighted by Gasteiger charge is -2.30. The second-order valence-corrected chi connectivity index (χ2v) is 8.06. The van der Waals surface area contributed by atoms with Crippen molar-refractivity contribution in [1.29, 1.82) is 0 Å². The summed E-state index contributed by atoms with van der Waals surface area (Å²) in [7, 11) is 0. The van der Waals surface area contributed by atoms with E-state index < -0.39 is 0 Å². The Hall–Kier alpha value is -2.44. The van der Waals surface area contributed by atoms with Crippen molar-refractivity contribution in [1.82, 2.24) is 24.3 Å². The van der Waals surface area contributed by atoms with Gasteiger partial charge >= 0.3 is 0 Å². The smallest absolute Gasteiger partial charge is 0.132 e. The minimum Gasteiger partial charge on any atom is -0.378 e. The average Bonchev–Trinajstić information content (AvgIpc) is 3.25.